The standard InChI is InChI=1S/C15H18N4O/c1-9-5-6-13(16-4)12(7-9)14(20)19-15-17-10(2)8-11(3)18-15/h5-8,16H,1-4H3,(H,17,18,19,20). The number of carbonyl (C=O) groups excluding carboxylic acids is 1. The van der Waals surface area contributed by atoms with Gasteiger partial charge in [0.05, 0.1) is 5.56 Å². The van der Waals surface area contributed by atoms with Gasteiger partial charge >= 0.3 is 0 Å². The molecular formula is C15H18N4O. The number of hydrogen-bond donors (Lipinski definition) is 2. The summed E-state index contributed by atoms with van der Waals surface area (Å²) < 4.78 is 0. The van der Waals surface area contributed by atoms with E-state index in [1.807, 2.05) is 45.0 Å². The number of benzene rings is 1. The molecule has 0 bridgehead atoms. The summed E-state index contributed by atoms with van der Waals surface area (Å²) in [5.41, 5.74) is 4.03. The van der Waals surface area contributed by atoms with Crippen molar-refractivity contribution in [3.05, 3.63) is 46.8 Å². The number of aryl methyl sites for hydroxylation is 3. The molecule has 0 aliphatic rings. The highest BCUT2D eigenvalue weighted by atomic mass is 16.1. The van der Waals surface area contributed by atoms with E-state index in [0.29, 0.717) is 11.5 Å². The average Bonchev–Trinajstić information content (AvgIpc) is 2.37. The molecule has 104 valence electrons. The monoisotopic (exact) mass is 270 g/mol. The van der Waals surface area contributed by atoms with Gasteiger partial charge in [-0.15, -0.1) is 0 Å². The molecule has 0 atom stereocenters. The van der Waals surface area contributed by atoms with Crippen LogP contribution in [0.1, 0.15) is 27.3 Å². The Bertz CT molecular complexity index is 632. The average molecular weight is 270 g/mol. The van der Waals surface area contributed by atoms with Crippen LogP contribution in [0.15, 0.2) is 24.3 Å². The van der Waals surface area contributed by atoms with Gasteiger partial charge in [0.1, 0.15) is 0 Å². The van der Waals surface area contributed by atoms with Crippen LogP contribution in [0, 0.1) is 20.8 Å². The van der Waals surface area contributed by atoms with Gasteiger partial charge in [-0.2, -0.15) is 0 Å². The van der Waals surface area contributed by atoms with Gasteiger partial charge in [0.2, 0.25) is 5.95 Å². The number of hydrogen-bond acceptors (Lipinski definition) is 4. The molecule has 0 saturated carbocycles. The van der Waals surface area contributed by atoms with Crippen LogP contribution in [0.2, 0.25) is 0 Å². The van der Waals surface area contributed by atoms with Crippen LogP contribution in [-0.4, -0.2) is 22.9 Å². The molecule has 2 rings (SSSR count). The Morgan fingerprint density at radius 1 is 1.05 bits per heavy atom. The summed E-state index contributed by atoms with van der Waals surface area (Å²) in [4.78, 5) is 20.8. The molecular weight excluding hydrogens is 252 g/mol. The molecule has 2 N–H and O–H groups in total. The Morgan fingerprint density at radius 3 is 2.30 bits per heavy atom. The first-order valence-electron chi connectivity index (χ1n) is 6.41. The smallest absolute Gasteiger partial charge is 0.260 e. The van der Waals surface area contributed by atoms with E-state index in [4.69, 9.17) is 0 Å². The largest absolute Gasteiger partial charge is 0.387 e. The van der Waals surface area contributed by atoms with Crippen LogP contribution in [0.25, 0.3) is 0 Å². The number of anilines is 2. The van der Waals surface area contributed by atoms with Crippen molar-refractivity contribution in [1.29, 1.82) is 0 Å². The molecule has 0 radical (unpaired) electrons. The number of rotatable bonds is 3. The van der Waals surface area contributed by atoms with E-state index in [1.165, 1.54) is 0 Å². The van der Waals surface area contributed by atoms with Gasteiger partial charge in [0.25, 0.3) is 5.91 Å². The quantitative estimate of drug-likeness (QED) is 0.900. The second-order valence-corrected chi connectivity index (χ2v) is 4.73. The van der Waals surface area contributed by atoms with E-state index in [-0.39, 0.29) is 5.91 Å². The number of nitrogens with one attached hydrogen (secondary N) is 2. The van der Waals surface area contributed by atoms with Crippen LogP contribution >= 0.6 is 0 Å². The lowest BCUT2D eigenvalue weighted by molar-refractivity contribution is 0.102. The van der Waals surface area contributed by atoms with Crippen LogP contribution < -0.4 is 10.6 Å². The molecule has 0 fully saturated rings. The SMILES string of the molecule is CNc1ccc(C)cc1C(=O)Nc1nc(C)cc(C)n1. The van der Waals surface area contributed by atoms with E-state index in [2.05, 4.69) is 20.6 Å². The van der Waals surface area contributed by atoms with Crippen LogP contribution in [0.5, 0.6) is 0 Å². The summed E-state index contributed by atoms with van der Waals surface area (Å²) in [6.07, 6.45) is 0. The Hall–Kier alpha value is -2.43. The molecule has 1 aromatic heterocycles. The fourth-order valence-corrected chi connectivity index (χ4v) is 2.01. The minimum absolute atomic E-state index is 0.219. The van der Waals surface area contributed by atoms with Crippen LogP contribution in [-0.2, 0) is 0 Å². The zero-order valence-electron chi connectivity index (χ0n) is 12.1. The van der Waals surface area contributed by atoms with Gasteiger partial charge < -0.3 is 5.32 Å². The first-order valence-corrected chi connectivity index (χ1v) is 6.41. The molecule has 0 aliphatic carbocycles. The normalized spacial score (nSPS) is 10.2. The highest BCUT2D eigenvalue weighted by Gasteiger charge is 2.13. The third kappa shape index (κ3) is 3.12. The highest BCUT2D eigenvalue weighted by molar-refractivity contribution is 6.07. The Labute approximate surface area is 118 Å². The zero-order chi connectivity index (χ0) is 14.7. The molecule has 0 unspecified atom stereocenters. The number of nitrogens with zero attached hydrogens (tertiary/aromatic N) is 2. The van der Waals surface area contributed by atoms with E-state index < -0.39 is 0 Å². The summed E-state index contributed by atoms with van der Waals surface area (Å²) in [6, 6.07) is 7.54. The van der Waals surface area contributed by atoms with Gasteiger partial charge in [0, 0.05) is 24.1 Å². The maximum Gasteiger partial charge on any atom is 0.260 e. The minimum atomic E-state index is -0.219. The third-order valence-electron chi connectivity index (χ3n) is 2.90. The molecule has 0 aliphatic heterocycles. The van der Waals surface area contributed by atoms with Crippen LogP contribution in [0.3, 0.4) is 0 Å². The van der Waals surface area contributed by atoms with E-state index in [1.54, 1.807) is 7.05 Å². The van der Waals surface area contributed by atoms with Gasteiger partial charge in [-0.25, -0.2) is 9.97 Å². The van der Waals surface area contributed by atoms with Crippen molar-refractivity contribution >= 4 is 17.5 Å². The van der Waals surface area contributed by atoms with Gasteiger partial charge in [-0.05, 0) is 39.0 Å². The van der Waals surface area contributed by atoms with Crippen molar-refractivity contribution in [2.45, 2.75) is 20.8 Å². The summed E-state index contributed by atoms with van der Waals surface area (Å²) in [6.45, 7) is 5.69. The van der Waals surface area contributed by atoms with Crippen molar-refractivity contribution in [1.82, 2.24) is 9.97 Å². The van der Waals surface area contributed by atoms with Crippen molar-refractivity contribution in [3.63, 3.8) is 0 Å². The second kappa shape index (κ2) is 5.69. The number of aromatic nitrogens is 2. The molecule has 0 spiro atoms. The lowest BCUT2D eigenvalue weighted by Gasteiger charge is -2.10. The fourth-order valence-electron chi connectivity index (χ4n) is 2.01. The van der Waals surface area contributed by atoms with Gasteiger partial charge in [-0.1, -0.05) is 11.6 Å². The van der Waals surface area contributed by atoms with Crippen molar-refractivity contribution in [2.24, 2.45) is 0 Å². The third-order valence-corrected chi connectivity index (χ3v) is 2.90. The first-order chi connectivity index (χ1) is 9.49. The first kappa shape index (κ1) is 14.0. The Morgan fingerprint density at radius 2 is 1.70 bits per heavy atom. The molecule has 1 amide bonds. The maximum atomic E-state index is 12.3. The summed E-state index contributed by atoms with van der Waals surface area (Å²) in [5, 5.41) is 5.75. The molecule has 5 nitrogen and oxygen atoms in total. The predicted molar refractivity (Wildman–Crippen MR) is 80.2 cm³/mol. The van der Waals surface area contributed by atoms with E-state index in [0.717, 1.165) is 22.6 Å². The van der Waals surface area contributed by atoms with Gasteiger partial charge in [-0.3, -0.25) is 10.1 Å². The van der Waals surface area contributed by atoms with Crippen molar-refractivity contribution in [2.75, 3.05) is 17.7 Å². The number of carbonyl (C=O) groups is 1. The summed E-state index contributed by atoms with van der Waals surface area (Å²) >= 11 is 0. The highest BCUT2D eigenvalue weighted by Crippen LogP contribution is 2.18. The molecule has 0 saturated heterocycles. The molecule has 1 aromatic carbocycles. The molecule has 1 heterocycles. The van der Waals surface area contributed by atoms with Crippen molar-refractivity contribution < 1.29 is 4.79 Å². The summed E-state index contributed by atoms with van der Waals surface area (Å²) in [5.74, 6) is 0.110. The lowest BCUT2D eigenvalue weighted by Crippen LogP contribution is -2.16. The molecule has 20 heavy (non-hydrogen) atoms. The second-order valence-electron chi connectivity index (χ2n) is 4.73. The predicted octanol–water partition coefficient (Wildman–Crippen LogP) is 2.70. The Kier molecular flexibility index (Phi) is 3.98. The summed E-state index contributed by atoms with van der Waals surface area (Å²) in [7, 11) is 1.79. The number of amides is 1. The van der Waals surface area contributed by atoms with Crippen molar-refractivity contribution in [3.8, 4) is 0 Å². The zero-order valence-corrected chi connectivity index (χ0v) is 12.1. The lowest BCUT2D eigenvalue weighted by atomic mass is 10.1. The molecule has 2 aromatic rings. The minimum Gasteiger partial charge on any atom is -0.387 e. The van der Waals surface area contributed by atoms with Gasteiger partial charge in [0.15, 0.2) is 0 Å². The van der Waals surface area contributed by atoms with E-state index in [9.17, 15) is 4.79 Å². The Balaban J connectivity index is 2.30. The fraction of sp³-hybridized carbons (Fsp3) is 0.267. The van der Waals surface area contributed by atoms with E-state index >= 15 is 0 Å². The maximum absolute atomic E-state index is 12.3. The topological polar surface area (TPSA) is 66.9 Å². The van der Waals surface area contributed by atoms with Crippen LogP contribution in [0.4, 0.5) is 11.6 Å². The molecule has 5 heteroatoms.